The lowest BCUT2D eigenvalue weighted by molar-refractivity contribution is 0.600. The number of nitrogens with one attached hydrogen (secondary N) is 4. The molecule has 32 heavy (non-hydrogen) atoms. The first-order valence-electron chi connectivity index (χ1n) is 10.6. The van der Waals surface area contributed by atoms with Gasteiger partial charge < -0.3 is 21.8 Å². The molecular weight excluding hydrogens is 396 g/mol. The van der Waals surface area contributed by atoms with Gasteiger partial charge >= 0.3 is 0 Å². The Hall–Kier alpha value is -4.11. The van der Waals surface area contributed by atoms with Crippen molar-refractivity contribution in [3.8, 4) is 6.07 Å². The van der Waals surface area contributed by atoms with Crippen LogP contribution in [-0.2, 0) is 6.42 Å². The normalized spacial score (nSPS) is 18.5. The molecule has 0 bridgehead atoms. The van der Waals surface area contributed by atoms with Gasteiger partial charge in [-0.05, 0) is 66.8 Å². The van der Waals surface area contributed by atoms with Crippen LogP contribution < -0.4 is 16.4 Å². The van der Waals surface area contributed by atoms with Gasteiger partial charge in [0.1, 0.15) is 0 Å². The number of nitrogens with two attached hydrogens (primary N) is 1. The maximum Gasteiger partial charge on any atom is 0.0991 e. The summed E-state index contributed by atoms with van der Waals surface area (Å²) in [7, 11) is 1.79. The highest BCUT2D eigenvalue weighted by Gasteiger charge is 2.21. The summed E-state index contributed by atoms with van der Waals surface area (Å²) < 4.78 is 0. The van der Waals surface area contributed by atoms with Crippen LogP contribution in [0.1, 0.15) is 41.1 Å². The highest BCUT2D eigenvalue weighted by molar-refractivity contribution is 6.22. The van der Waals surface area contributed by atoms with Gasteiger partial charge in [0.15, 0.2) is 0 Å². The Balaban J connectivity index is 1.59. The van der Waals surface area contributed by atoms with E-state index in [-0.39, 0.29) is 6.04 Å². The fourth-order valence-electron chi connectivity index (χ4n) is 4.25. The Labute approximate surface area is 188 Å². The second kappa shape index (κ2) is 8.94. The zero-order chi connectivity index (χ0) is 22.7. The first-order valence-corrected chi connectivity index (χ1v) is 10.6. The van der Waals surface area contributed by atoms with Gasteiger partial charge in [0.05, 0.1) is 29.1 Å². The summed E-state index contributed by atoms with van der Waals surface area (Å²) >= 11 is 0. The largest absolute Gasteiger partial charge is 0.398 e. The van der Waals surface area contributed by atoms with Crippen molar-refractivity contribution in [2.24, 2.45) is 0 Å². The van der Waals surface area contributed by atoms with E-state index >= 15 is 0 Å². The Morgan fingerprint density at radius 2 is 2.06 bits per heavy atom. The van der Waals surface area contributed by atoms with Crippen LogP contribution in [0.4, 0.5) is 11.4 Å². The van der Waals surface area contributed by atoms with E-state index in [4.69, 9.17) is 16.6 Å². The minimum Gasteiger partial charge on any atom is -0.398 e. The van der Waals surface area contributed by atoms with Crippen molar-refractivity contribution in [2.45, 2.75) is 25.3 Å². The van der Waals surface area contributed by atoms with Crippen molar-refractivity contribution < 1.29 is 0 Å². The second-order valence-electron chi connectivity index (χ2n) is 8.03. The van der Waals surface area contributed by atoms with Gasteiger partial charge in [-0.3, -0.25) is 5.41 Å². The van der Waals surface area contributed by atoms with Gasteiger partial charge in [-0.1, -0.05) is 18.2 Å². The van der Waals surface area contributed by atoms with Gasteiger partial charge in [-0.2, -0.15) is 5.26 Å². The molecule has 160 valence electrons. The quantitative estimate of drug-likeness (QED) is 0.356. The Bertz CT molecular complexity index is 1230. The number of hydrogen-bond donors (Lipinski definition) is 5. The SMILES string of the molecule is CN/C=C1/C=CC(C(=N)c2cc(NC3CCCc4cc(C#N)ccc43)ccc2N)=CC1=N. The zero-order valence-electron chi connectivity index (χ0n) is 18.0. The topological polar surface area (TPSA) is 122 Å². The lowest BCUT2D eigenvalue weighted by atomic mass is 9.86. The number of aryl methyl sites for hydroxylation is 1. The Morgan fingerprint density at radius 1 is 1.22 bits per heavy atom. The van der Waals surface area contributed by atoms with Crippen LogP contribution in [0, 0.1) is 22.1 Å². The van der Waals surface area contributed by atoms with Crippen LogP contribution in [0.25, 0.3) is 0 Å². The van der Waals surface area contributed by atoms with E-state index < -0.39 is 0 Å². The molecule has 0 fully saturated rings. The minimum absolute atomic E-state index is 0.147. The van der Waals surface area contributed by atoms with Crippen molar-refractivity contribution in [1.29, 1.82) is 16.1 Å². The smallest absolute Gasteiger partial charge is 0.0991 e. The molecule has 0 heterocycles. The lowest BCUT2D eigenvalue weighted by Gasteiger charge is -2.28. The van der Waals surface area contributed by atoms with Crippen molar-refractivity contribution >= 4 is 22.8 Å². The molecule has 4 rings (SSSR count). The third kappa shape index (κ3) is 4.19. The maximum absolute atomic E-state index is 9.19. The maximum atomic E-state index is 9.19. The number of nitrogens with zero attached hydrogens (tertiary/aromatic N) is 1. The predicted octanol–water partition coefficient (Wildman–Crippen LogP) is 4.62. The Morgan fingerprint density at radius 3 is 2.81 bits per heavy atom. The number of fused-ring (bicyclic) bond motifs is 1. The molecule has 0 radical (unpaired) electrons. The third-order valence-electron chi connectivity index (χ3n) is 5.89. The van der Waals surface area contributed by atoms with E-state index in [1.54, 1.807) is 19.3 Å². The highest BCUT2D eigenvalue weighted by Crippen LogP contribution is 2.34. The van der Waals surface area contributed by atoms with E-state index in [9.17, 15) is 5.26 Å². The molecule has 2 aliphatic carbocycles. The molecule has 1 unspecified atom stereocenters. The lowest BCUT2D eigenvalue weighted by Crippen LogP contribution is -2.18. The molecule has 6 N–H and O–H groups in total. The van der Waals surface area contributed by atoms with Crippen LogP contribution in [0.15, 0.2) is 72.0 Å². The van der Waals surface area contributed by atoms with Crippen molar-refractivity contribution in [2.75, 3.05) is 18.1 Å². The molecule has 0 saturated carbocycles. The molecule has 6 heteroatoms. The first kappa shape index (κ1) is 21.1. The zero-order valence-corrected chi connectivity index (χ0v) is 18.0. The summed E-state index contributed by atoms with van der Waals surface area (Å²) in [5.41, 5.74) is 13.5. The fraction of sp³-hybridized carbons (Fsp3) is 0.192. The molecule has 2 aromatic carbocycles. The molecule has 0 aliphatic heterocycles. The summed E-state index contributed by atoms with van der Waals surface area (Å²) in [6, 6.07) is 13.9. The van der Waals surface area contributed by atoms with Crippen LogP contribution in [0.3, 0.4) is 0 Å². The van der Waals surface area contributed by atoms with Gasteiger partial charge in [0.2, 0.25) is 0 Å². The standard InChI is InChI=1S/C26H26N6/c1-31-15-19-7-6-18(12-24(19)29)26(30)22-13-20(8-10-23(22)28)32-25-4-2-3-17-11-16(14-27)5-9-21(17)25/h5-13,15,25,29-32H,2-4,28H2,1H3/b19-15-,29-24?,30-26?. The molecule has 0 amide bonds. The number of nitrogen functional groups attached to an aromatic ring is 1. The summed E-state index contributed by atoms with van der Waals surface area (Å²) in [5.74, 6) is 0. The summed E-state index contributed by atoms with van der Waals surface area (Å²) in [5, 5.41) is 32.6. The Kier molecular flexibility index (Phi) is 5.91. The number of hydrogen-bond acceptors (Lipinski definition) is 6. The number of anilines is 2. The van der Waals surface area contributed by atoms with E-state index in [0.29, 0.717) is 33.8 Å². The van der Waals surface area contributed by atoms with Crippen molar-refractivity contribution in [3.63, 3.8) is 0 Å². The third-order valence-corrected chi connectivity index (χ3v) is 5.89. The van der Waals surface area contributed by atoms with Crippen molar-refractivity contribution in [1.82, 2.24) is 5.32 Å². The second-order valence-corrected chi connectivity index (χ2v) is 8.03. The van der Waals surface area contributed by atoms with E-state index in [0.717, 1.165) is 30.5 Å². The van der Waals surface area contributed by atoms with Crippen LogP contribution in [0.2, 0.25) is 0 Å². The molecule has 1 atom stereocenters. The monoisotopic (exact) mass is 422 g/mol. The van der Waals surface area contributed by atoms with E-state index in [1.807, 2.05) is 48.6 Å². The average molecular weight is 423 g/mol. The molecule has 2 aliphatic rings. The number of benzene rings is 2. The van der Waals surface area contributed by atoms with E-state index in [1.165, 1.54) is 11.1 Å². The molecule has 0 aromatic heterocycles. The molecular formula is C26H26N6. The number of nitriles is 1. The van der Waals surface area contributed by atoms with Gasteiger partial charge in [0, 0.05) is 41.3 Å². The van der Waals surface area contributed by atoms with Crippen LogP contribution in [-0.4, -0.2) is 18.5 Å². The number of allylic oxidation sites excluding steroid dienone is 5. The highest BCUT2D eigenvalue weighted by atomic mass is 14.9. The first-order chi connectivity index (χ1) is 15.5. The molecule has 6 nitrogen and oxygen atoms in total. The fourth-order valence-corrected chi connectivity index (χ4v) is 4.25. The summed E-state index contributed by atoms with van der Waals surface area (Å²) in [6.45, 7) is 0. The summed E-state index contributed by atoms with van der Waals surface area (Å²) in [6.07, 6.45) is 10.2. The van der Waals surface area contributed by atoms with Crippen LogP contribution >= 0.6 is 0 Å². The number of rotatable bonds is 5. The summed E-state index contributed by atoms with van der Waals surface area (Å²) in [4.78, 5) is 0. The molecule has 2 aromatic rings. The molecule has 0 spiro atoms. The minimum atomic E-state index is 0.147. The van der Waals surface area contributed by atoms with Gasteiger partial charge in [-0.25, -0.2) is 0 Å². The predicted molar refractivity (Wildman–Crippen MR) is 130 cm³/mol. The van der Waals surface area contributed by atoms with Crippen molar-refractivity contribution in [3.05, 3.63) is 94.2 Å². The average Bonchev–Trinajstić information content (AvgIpc) is 2.81. The molecule has 0 saturated heterocycles. The van der Waals surface area contributed by atoms with Crippen LogP contribution in [0.5, 0.6) is 0 Å². The van der Waals surface area contributed by atoms with E-state index in [2.05, 4.69) is 16.7 Å². The van der Waals surface area contributed by atoms with Gasteiger partial charge in [-0.15, -0.1) is 0 Å². The van der Waals surface area contributed by atoms with Gasteiger partial charge in [0.25, 0.3) is 0 Å².